The van der Waals surface area contributed by atoms with Crippen LogP contribution in [0, 0.1) is 0 Å². The smallest absolute Gasteiger partial charge is 0.490 e. The number of alkyl halides is 3. The normalized spacial score (nSPS) is 18.8. The van der Waals surface area contributed by atoms with Crippen molar-refractivity contribution in [1.29, 1.82) is 0 Å². The summed E-state index contributed by atoms with van der Waals surface area (Å²) in [4.78, 5) is 13.8. The molecule has 35 heavy (non-hydrogen) atoms. The molecular weight excluding hydrogens is 461 g/mol. The van der Waals surface area contributed by atoms with E-state index in [9.17, 15) is 18.3 Å². The van der Waals surface area contributed by atoms with E-state index in [-0.39, 0.29) is 0 Å². The highest BCUT2D eigenvalue weighted by molar-refractivity contribution is 5.73. The summed E-state index contributed by atoms with van der Waals surface area (Å²) < 4.78 is 37.7. The molecule has 9 heteroatoms. The minimum absolute atomic E-state index is 0.357. The average molecular weight is 495 g/mol. The number of nitrogens with zero attached hydrogens (tertiary/aromatic N) is 2. The zero-order valence-corrected chi connectivity index (χ0v) is 19.9. The topological polar surface area (TPSA) is 73.2 Å². The highest BCUT2D eigenvalue weighted by atomic mass is 19.4. The number of likely N-dealkylation sites (N-methyl/N-ethyl adjacent to an activating group) is 1. The van der Waals surface area contributed by atoms with Gasteiger partial charge in [0.1, 0.15) is 18.1 Å². The van der Waals surface area contributed by atoms with Crippen LogP contribution in [0.1, 0.15) is 42.0 Å². The molecule has 6 nitrogen and oxygen atoms in total. The number of aliphatic carboxylic acids is 1. The van der Waals surface area contributed by atoms with Gasteiger partial charge in [-0.3, -0.25) is 9.80 Å². The summed E-state index contributed by atoms with van der Waals surface area (Å²) in [5.41, 5.74) is 3.94. The summed E-state index contributed by atoms with van der Waals surface area (Å²) in [6, 6.07) is 14.8. The second-order valence-corrected chi connectivity index (χ2v) is 9.03. The van der Waals surface area contributed by atoms with Crippen LogP contribution in [0.15, 0.2) is 42.5 Å². The van der Waals surface area contributed by atoms with E-state index in [1.807, 2.05) is 12.1 Å². The standard InChI is InChI=1S/C24H32N2O2.C2HF3O2/c1-25-14-11-20-18-21(27)7-10-23(20)24(25)17-19-5-8-22(9-6-19)28-16-15-26-12-3-2-4-13-26;3-2(4,5)1(6)7/h5-10,18,24,27H,2-4,11-17H2,1H3;(H,6,7). The Balaban J connectivity index is 0.000000429. The van der Waals surface area contributed by atoms with Crippen LogP contribution in [-0.4, -0.2) is 72.0 Å². The van der Waals surface area contributed by atoms with Gasteiger partial charge in [0, 0.05) is 19.1 Å². The van der Waals surface area contributed by atoms with Gasteiger partial charge in [0.25, 0.3) is 0 Å². The van der Waals surface area contributed by atoms with Gasteiger partial charge in [-0.15, -0.1) is 0 Å². The Morgan fingerprint density at radius 1 is 1.06 bits per heavy atom. The van der Waals surface area contributed by atoms with Crippen LogP contribution < -0.4 is 4.74 Å². The average Bonchev–Trinajstić information content (AvgIpc) is 2.82. The molecule has 2 heterocycles. The largest absolute Gasteiger partial charge is 0.508 e. The molecule has 1 saturated heterocycles. The minimum atomic E-state index is -5.08. The van der Waals surface area contributed by atoms with Crippen molar-refractivity contribution in [1.82, 2.24) is 9.80 Å². The van der Waals surface area contributed by atoms with Crippen molar-refractivity contribution in [2.75, 3.05) is 39.8 Å². The third kappa shape index (κ3) is 8.14. The molecule has 2 aromatic carbocycles. The Morgan fingerprint density at radius 2 is 1.71 bits per heavy atom. The lowest BCUT2D eigenvalue weighted by Gasteiger charge is -2.35. The summed E-state index contributed by atoms with van der Waals surface area (Å²) in [5.74, 6) is -1.43. The minimum Gasteiger partial charge on any atom is -0.508 e. The molecule has 0 aliphatic carbocycles. The fourth-order valence-electron chi connectivity index (χ4n) is 4.51. The number of hydrogen-bond donors (Lipinski definition) is 2. The predicted octanol–water partition coefficient (Wildman–Crippen LogP) is 4.66. The molecule has 2 N–H and O–H groups in total. The summed E-state index contributed by atoms with van der Waals surface area (Å²) >= 11 is 0. The molecule has 0 saturated carbocycles. The predicted molar refractivity (Wildman–Crippen MR) is 127 cm³/mol. The van der Waals surface area contributed by atoms with Crippen molar-refractivity contribution in [2.45, 2.75) is 44.3 Å². The molecule has 1 fully saturated rings. The molecule has 192 valence electrons. The number of hydrogen-bond acceptors (Lipinski definition) is 5. The number of carboxylic acid groups (broad SMARTS) is 1. The number of carboxylic acids is 1. The van der Waals surface area contributed by atoms with Crippen LogP contribution >= 0.6 is 0 Å². The van der Waals surface area contributed by atoms with Crippen LogP contribution in [0.5, 0.6) is 11.5 Å². The summed E-state index contributed by atoms with van der Waals surface area (Å²) in [5, 5.41) is 16.9. The molecule has 2 aliphatic rings. The SMILES string of the molecule is CN1CCc2cc(O)ccc2C1Cc1ccc(OCCN2CCCCC2)cc1.O=C(O)C(F)(F)F. The molecule has 0 spiro atoms. The number of phenols is 1. The van der Waals surface area contributed by atoms with Crippen LogP contribution in [0.3, 0.4) is 0 Å². The van der Waals surface area contributed by atoms with Crippen LogP contribution in [0.4, 0.5) is 13.2 Å². The van der Waals surface area contributed by atoms with E-state index in [1.54, 1.807) is 0 Å². The van der Waals surface area contributed by atoms with Gasteiger partial charge < -0.3 is 14.9 Å². The van der Waals surface area contributed by atoms with Gasteiger partial charge >= 0.3 is 12.1 Å². The maximum atomic E-state index is 10.6. The fraction of sp³-hybridized carbons (Fsp3) is 0.500. The zero-order chi connectivity index (χ0) is 25.4. The van der Waals surface area contributed by atoms with Gasteiger partial charge in [0.2, 0.25) is 0 Å². The lowest BCUT2D eigenvalue weighted by molar-refractivity contribution is -0.192. The van der Waals surface area contributed by atoms with Gasteiger partial charge in [-0.25, -0.2) is 4.79 Å². The molecule has 1 atom stereocenters. The number of rotatable bonds is 6. The van der Waals surface area contributed by atoms with E-state index in [4.69, 9.17) is 14.6 Å². The first kappa shape index (κ1) is 26.8. The van der Waals surface area contributed by atoms with Crippen molar-refractivity contribution < 1.29 is 32.9 Å². The Kier molecular flexibility index (Phi) is 9.40. The van der Waals surface area contributed by atoms with Crippen molar-refractivity contribution in [2.24, 2.45) is 0 Å². The number of aromatic hydroxyl groups is 1. The first-order valence-corrected chi connectivity index (χ1v) is 11.9. The highest BCUT2D eigenvalue weighted by Gasteiger charge is 2.38. The van der Waals surface area contributed by atoms with E-state index in [2.05, 4.69) is 47.2 Å². The van der Waals surface area contributed by atoms with Crippen molar-refractivity contribution in [3.05, 3.63) is 59.2 Å². The van der Waals surface area contributed by atoms with Crippen LogP contribution in [0.25, 0.3) is 0 Å². The summed E-state index contributed by atoms with van der Waals surface area (Å²) in [6.45, 7) is 5.26. The molecule has 2 aliphatic heterocycles. The number of benzene rings is 2. The second-order valence-electron chi connectivity index (χ2n) is 9.03. The maximum absolute atomic E-state index is 10.6. The molecule has 0 amide bonds. The Morgan fingerprint density at radius 3 is 2.34 bits per heavy atom. The van der Waals surface area contributed by atoms with Crippen molar-refractivity contribution >= 4 is 5.97 Å². The first-order chi connectivity index (χ1) is 16.6. The molecule has 0 bridgehead atoms. The Hall–Kier alpha value is -2.78. The van der Waals surface area contributed by atoms with E-state index in [0.29, 0.717) is 11.8 Å². The molecule has 0 aromatic heterocycles. The first-order valence-electron chi connectivity index (χ1n) is 11.9. The lowest BCUT2D eigenvalue weighted by Crippen LogP contribution is -2.33. The Bertz CT molecular complexity index is 960. The highest BCUT2D eigenvalue weighted by Crippen LogP contribution is 2.33. The molecule has 2 aromatic rings. The third-order valence-corrected chi connectivity index (χ3v) is 6.47. The van der Waals surface area contributed by atoms with Crippen molar-refractivity contribution in [3.8, 4) is 11.5 Å². The van der Waals surface area contributed by atoms with Gasteiger partial charge in [-0.05, 0) is 86.8 Å². The monoisotopic (exact) mass is 494 g/mol. The van der Waals surface area contributed by atoms with Crippen molar-refractivity contribution in [3.63, 3.8) is 0 Å². The van der Waals surface area contributed by atoms with E-state index in [0.717, 1.165) is 38.3 Å². The molecular formula is C26H33F3N2O4. The van der Waals surface area contributed by atoms with Gasteiger partial charge in [0.15, 0.2) is 0 Å². The number of ether oxygens (including phenoxy) is 1. The summed E-state index contributed by atoms with van der Waals surface area (Å²) in [7, 11) is 2.19. The third-order valence-electron chi connectivity index (χ3n) is 6.47. The number of fused-ring (bicyclic) bond motifs is 1. The second kappa shape index (κ2) is 12.3. The quantitative estimate of drug-likeness (QED) is 0.609. The zero-order valence-electron chi connectivity index (χ0n) is 19.9. The number of piperidine rings is 1. The van der Waals surface area contributed by atoms with E-state index in [1.165, 1.54) is 49.0 Å². The number of halogens is 3. The number of carbonyl (C=O) groups is 1. The molecule has 1 unspecified atom stereocenters. The fourth-order valence-corrected chi connectivity index (χ4v) is 4.51. The number of likely N-dealkylation sites (tertiary alicyclic amines) is 1. The van der Waals surface area contributed by atoms with Crippen LogP contribution in [-0.2, 0) is 17.6 Å². The van der Waals surface area contributed by atoms with Gasteiger partial charge in [-0.2, -0.15) is 13.2 Å². The summed E-state index contributed by atoms with van der Waals surface area (Å²) in [6.07, 6.45) is 0.920. The van der Waals surface area contributed by atoms with Crippen LogP contribution in [0.2, 0.25) is 0 Å². The van der Waals surface area contributed by atoms with E-state index >= 15 is 0 Å². The van der Waals surface area contributed by atoms with Gasteiger partial charge in [0.05, 0.1) is 0 Å². The van der Waals surface area contributed by atoms with Gasteiger partial charge in [-0.1, -0.05) is 24.6 Å². The van der Waals surface area contributed by atoms with E-state index < -0.39 is 12.1 Å². The Labute approximate surface area is 203 Å². The molecule has 0 radical (unpaired) electrons. The lowest BCUT2D eigenvalue weighted by atomic mass is 9.89. The number of phenolic OH excluding ortho intramolecular Hbond substituents is 1. The molecule has 4 rings (SSSR count). The maximum Gasteiger partial charge on any atom is 0.490 e.